The molecule has 2 nitrogen and oxygen atoms in total. The molecule has 29 heavy (non-hydrogen) atoms. The van der Waals surface area contributed by atoms with Gasteiger partial charge in [-0.05, 0) is 47.5 Å². The van der Waals surface area contributed by atoms with Crippen molar-refractivity contribution in [2.45, 2.75) is 13.3 Å². The second-order valence-electron chi connectivity index (χ2n) is 7.13. The number of allylic oxidation sites excluding steroid dienone is 1. The first-order valence-corrected chi connectivity index (χ1v) is 11.3. The zero-order chi connectivity index (χ0) is 19.5. The van der Waals surface area contributed by atoms with Crippen molar-refractivity contribution >= 4 is 70.1 Å². The molecule has 0 N–H and O–H groups in total. The lowest BCUT2D eigenvalue weighted by Crippen LogP contribution is -1.86. The molecule has 0 spiro atoms. The van der Waals surface area contributed by atoms with Gasteiger partial charge in [-0.3, -0.25) is 0 Å². The van der Waals surface area contributed by atoms with Crippen LogP contribution >= 0.6 is 22.7 Å². The molecule has 3 aromatic heterocycles. The van der Waals surface area contributed by atoms with Gasteiger partial charge in [-0.25, -0.2) is 0 Å². The van der Waals surface area contributed by atoms with Crippen LogP contribution in [0.4, 0.5) is 0 Å². The van der Waals surface area contributed by atoms with Crippen LogP contribution in [-0.2, 0) is 4.74 Å². The molecular weight excluding hydrogens is 396 g/mol. The summed E-state index contributed by atoms with van der Waals surface area (Å²) < 4.78 is 14.2. The zero-order valence-corrected chi connectivity index (χ0v) is 17.7. The number of fused-ring (bicyclic) bond motifs is 2. The van der Waals surface area contributed by atoms with E-state index in [9.17, 15) is 0 Å². The van der Waals surface area contributed by atoms with Crippen molar-refractivity contribution in [3.63, 3.8) is 0 Å². The van der Waals surface area contributed by atoms with Crippen LogP contribution in [0.25, 0.3) is 58.1 Å². The van der Waals surface area contributed by atoms with Crippen molar-refractivity contribution < 1.29 is 9.15 Å². The molecule has 0 unspecified atom stereocenters. The highest BCUT2D eigenvalue weighted by atomic mass is 32.1. The maximum atomic E-state index is 5.82. The molecule has 4 heteroatoms. The molecule has 0 saturated carbocycles. The topological polar surface area (TPSA) is 22.4 Å². The Balaban J connectivity index is 1.89. The molecule has 3 heterocycles. The number of hydrogen-bond acceptors (Lipinski definition) is 4. The van der Waals surface area contributed by atoms with Crippen LogP contribution in [0.2, 0.25) is 0 Å². The van der Waals surface area contributed by atoms with Crippen molar-refractivity contribution in [1.82, 2.24) is 0 Å². The predicted octanol–water partition coefficient (Wildman–Crippen LogP) is 8.52. The first-order chi connectivity index (χ1) is 14.3. The van der Waals surface area contributed by atoms with Gasteiger partial charge in [-0.2, -0.15) is 0 Å². The molecule has 6 rings (SSSR count). The third kappa shape index (κ3) is 2.27. The fourth-order valence-electron chi connectivity index (χ4n) is 4.44. The molecule has 3 aromatic carbocycles. The normalized spacial score (nSPS) is 12.8. The second kappa shape index (κ2) is 6.34. The highest BCUT2D eigenvalue weighted by Gasteiger charge is 2.24. The van der Waals surface area contributed by atoms with Gasteiger partial charge in [0.15, 0.2) is 0 Å². The maximum Gasteiger partial charge on any atom is 0.144 e. The molecule has 0 aliphatic heterocycles. The zero-order valence-electron chi connectivity index (χ0n) is 16.1. The van der Waals surface area contributed by atoms with Gasteiger partial charge in [0, 0.05) is 30.9 Å². The fraction of sp³-hybridized carbons (Fsp3) is 0.120. The standard InChI is InChI=1S/C25H18O2S2/c1-3-7-16(26-2)24-22-14-8-4-12-19-21(14)23(25(29-19)17-10-6-13-27-17)15-9-5-11-18(28-24)20(15)22/h4-13H,3H2,1-2H3/b16-7-. The number of thiophene rings is 2. The van der Waals surface area contributed by atoms with E-state index in [0.717, 1.165) is 17.9 Å². The Kier molecular flexibility index (Phi) is 3.73. The molecule has 0 fully saturated rings. The van der Waals surface area contributed by atoms with Crippen molar-refractivity contribution in [3.8, 4) is 10.6 Å². The molecule has 0 saturated heterocycles. The van der Waals surface area contributed by atoms with E-state index in [1.54, 1.807) is 13.4 Å². The highest BCUT2D eigenvalue weighted by Crippen LogP contribution is 2.52. The summed E-state index contributed by atoms with van der Waals surface area (Å²) in [6.45, 7) is 2.15. The van der Waals surface area contributed by atoms with Gasteiger partial charge in [0.2, 0.25) is 0 Å². The lowest BCUT2D eigenvalue weighted by molar-refractivity contribution is 0.370. The molecule has 0 amide bonds. The molecule has 0 atom stereocenters. The Morgan fingerprint density at radius 3 is 2.31 bits per heavy atom. The van der Waals surface area contributed by atoms with Crippen LogP contribution in [0.5, 0.6) is 0 Å². The van der Waals surface area contributed by atoms with Gasteiger partial charge in [-0.1, -0.05) is 31.2 Å². The van der Waals surface area contributed by atoms with E-state index < -0.39 is 0 Å². The van der Waals surface area contributed by atoms with E-state index in [1.807, 2.05) is 28.7 Å². The summed E-state index contributed by atoms with van der Waals surface area (Å²) in [5.74, 6) is 1.91. The van der Waals surface area contributed by atoms with E-state index in [4.69, 9.17) is 9.15 Å². The van der Waals surface area contributed by atoms with Crippen LogP contribution in [0, 0.1) is 0 Å². The van der Waals surface area contributed by atoms with E-state index in [0.29, 0.717) is 0 Å². The minimum absolute atomic E-state index is 0.937. The Morgan fingerprint density at radius 1 is 0.897 bits per heavy atom. The molecular formula is C25H18O2S2. The van der Waals surface area contributed by atoms with Gasteiger partial charge < -0.3 is 9.15 Å². The van der Waals surface area contributed by atoms with E-state index in [1.165, 1.54) is 51.5 Å². The quantitative estimate of drug-likeness (QED) is 0.213. The summed E-state index contributed by atoms with van der Waals surface area (Å²) >= 11 is 3.64. The first-order valence-electron chi connectivity index (χ1n) is 9.72. The minimum atomic E-state index is 0.937. The van der Waals surface area contributed by atoms with Crippen molar-refractivity contribution in [2.75, 3.05) is 7.11 Å². The molecule has 0 radical (unpaired) electrons. The average molecular weight is 415 g/mol. The first kappa shape index (κ1) is 17.1. The molecule has 6 aromatic rings. The smallest absolute Gasteiger partial charge is 0.144 e. The Labute approximate surface area is 176 Å². The van der Waals surface area contributed by atoms with Gasteiger partial charge in [0.1, 0.15) is 11.5 Å². The Morgan fingerprint density at radius 2 is 1.62 bits per heavy atom. The minimum Gasteiger partial charge on any atom is -0.496 e. The number of rotatable bonds is 4. The van der Waals surface area contributed by atoms with Crippen molar-refractivity contribution in [3.05, 3.63) is 65.7 Å². The van der Waals surface area contributed by atoms with Gasteiger partial charge >= 0.3 is 0 Å². The van der Waals surface area contributed by atoms with Crippen LogP contribution in [0.15, 0.2) is 65.3 Å². The van der Waals surface area contributed by atoms with Crippen LogP contribution in [-0.4, -0.2) is 7.11 Å². The van der Waals surface area contributed by atoms with E-state index in [2.05, 4.69) is 55.5 Å². The van der Waals surface area contributed by atoms with Gasteiger partial charge in [0.25, 0.3) is 0 Å². The highest BCUT2D eigenvalue weighted by molar-refractivity contribution is 7.24. The van der Waals surface area contributed by atoms with Gasteiger partial charge in [0.05, 0.1) is 23.1 Å². The summed E-state index contributed by atoms with van der Waals surface area (Å²) in [6.07, 6.45) is 4.88. The van der Waals surface area contributed by atoms with Crippen LogP contribution in [0.3, 0.4) is 0 Å². The number of furan rings is 1. The Bertz CT molecular complexity index is 1510. The third-order valence-electron chi connectivity index (χ3n) is 5.55. The number of hydrogen-bond donors (Lipinski definition) is 0. The van der Waals surface area contributed by atoms with Crippen LogP contribution in [0.1, 0.15) is 18.2 Å². The second-order valence-corrected chi connectivity index (χ2v) is 9.23. The number of ether oxygens (including phenoxy) is 1. The largest absolute Gasteiger partial charge is 0.496 e. The number of methoxy groups -OCH3 is 1. The summed E-state index contributed by atoms with van der Waals surface area (Å²) in [7, 11) is 1.77. The Hall–Kier alpha value is -2.82. The van der Waals surface area contributed by atoms with Crippen LogP contribution < -0.4 is 0 Å². The van der Waals surface area contributed by atoms with Gasteiger partial charge in [-0.15, -0.1) is 22.7 Å². The lowest BCUT2D eigenvalue weighted by atomic mass is 9.94. The third-order valence-corrected chi connectivity index (χ3v) is 7.89. The molecule has 0 bridgehead atoms. The van der Waals surface area contributed by atoms with E-state index in [-0.39, 0.29) is 0 Å². The number of benzene rings is 3. The summed E-state index contributed by atoms with van der Waals surface area (Å²) in [6, 6.07) is 17.3. The summed E-state index contributed by atoms with van der Waals surface area (Å²) in [5, 5.41) is 7.86. The average Bonchev–Trinajstić information content (AvgIpc) is 3.47. The lowest BCUT2D eigenvalue weighted by Gasteiger charge is -2.09. The maximum absolute atomic E-state index is 5.82. The molecule has 142 valence electrons. The fourth-order valence-corrected chi connectivity index (χ4v) is 6.91. The van der Waals surface area contributed by atoms with Crippen molar-refractivity contribution in [1.29, 1.82) is 0 Å². The van der Waals surface area contributed by atoms with E-state index >= 15 is 0 Å². The predicted molar refractivity (Wildman–Crippen MR) is 126 cm³/mol. The molecule has 0 aliphatic carbocycles. The van der Waals surface area contributed by atoms with Crippen molar-refractivity contribution in [2.24, 2.45) is 0 Å². The summed E-state index contributed by atoms with van der Waals surface area (Å²) in [4.78, 5) is 2.43. The SMILES string of the molecule is CC/C=C(\OC)c1sc2cccc3c4c(-c5ccco5)sc5cccc(c1c23)c54. The molecule has 0 aliphatic rings. The summed E-state index contributed by atoms with van der Waals surface area (Å²) in [5.41, 5.74) is 0. The monoisotopic (exact) mass is 414 g/mol.